The zero-order valence-corrected chi connectivity index (χ0v) is 9.88. The molecule has 1 aliphatic rings. The lowest BCUT2D eigenvalue weighted by Gasteiger charge is -2.28. The van der Waals surface area contributed by atoms with Gasteiger partial charge in [-0.2, -0.15) is 0 Å². The first kappa shape index (κ1) is 12.0. The van der Waals surface area contributed by atoms with E-state index in [9.17, 15) is 0 Å². The van der Waals surface area contributed by atoms with Crippen LogP contribution in [0.25, 0.3) is 0 Å². The summed E-state index contributed by atoms with van der Waals surface area (Å²) < 4.78 is 6.00. The molecule has 1 rings (SSSR count). The highest BCUT2D eigenvalue weighted by molar-refractivity contribution is 4.90. The van der Waals surface area contributed by atoms with Gasteiger partial charge in [0.2, 0.25) is 0 Å². The van der Waals surface area contributed by atoms with Gasteiger partial charge in [-0.25, -0.2) is 0 Å². The van der Waals surface area contributed by atoms with Crippen molar-refractivity contribution in [1.82, 2.24) is 0 Å². The van der Waals surface area contributed by atoms with Crippen LogP contribution in [-0.4, -0.2) is 18.8 Å². The number of hydrogen-bond donors (Lipinski definition) is 1. The van der Waals surface area contributed by atoms with Gasteiger partial charge >= 0.3 is 0 Å². The molecule has 2 atom stereocenters. The second-order valence-corrected chi connectivity index (χ2v) is 5.27. The van der Waals surface area contributed by atoms with E-state index in [1.54, 1.807) is 0 Å². The summed E-state index contributed by atoms with van der Waals surface area (Å²) >= 11 is 0. The fraction of sp³-hybridized carbons (Fsp3) is 1.00. The standard InChI is InChI=1S/C12H25NO/c1-10(2)5-7-14-12(9-13)6-4-11(3)8-12/h10-11H,4-9,13H2,1-3H3. The Balaban J connectivity index is 2.31. The van der Waals surface area contributed by atoms with Crippen LogP contribution in [0.4, 0.5) is 0 Å². The van der Waals surface area contributed by atoms with Crippen LogP contribution in [0.3, 0.4) is 0 Å². The summed E-state index contributed by atoms with van der Waals surface area (Å²) in [7, 11) is 0. The fourth-order valence-corrected chi connectivity index (χ4v) is 2.24. The third kappa shape index (κ3) is 3.25. The van der Waals surface area contributed by atoms with E-state index >= 15 is 0 Å². The molecule has 0 aromatic rings. The molecule has 2 N–H and O–H groups in total. The summed E-state index contributed by atoms with van der Waals surface area (Å²) in [5.41, 5.74) is 5.85. The van der Waals surface area contributed by atoms with Crippen molar-refractivity contribution in [2.24, 2.45) is 17.6 Å². The van der Waals surface area contributed by atoms with Crippen molar-refractivity contribution < 1.29 is 4.74 Å². The van der Waals surface area contributed by atoms with Gasteiger partial charge in [0, 0.05) is 13.2 Å². The second kappa shape index (κ2) is 5.13. The van der Waals surface area contributed by atoms with Crippen LogP contribution in [0.1, 0.15) is 46.5 Å². The molecule has 1 fully saturated rings. The van der Waals surface area contributed by atoms with Crippen molar-refractivity contribution in [1.29, 1.82) is 0 Å². The van der Waals surface area contributed by atoms with Gasteiger partial charge < -0.3 is 10.5 Å². The Morgan fingerprint density at radius 3 is 2.64 bits per heavy atom. The molecule has 2 nitrogen and oxygen atoms in total. The van der Waals surface area contributed by atoms with Crippen molar-refractivity contribution in [3.8, 4) is 0 Å². The highest BCUT2D eigenvalue weighted by atomic mass is 16.5. The zero-order chi connectivity index (χ0) is 10.6. The molecule has 0 aromatic carbocycles. The molecule has 2 heteroatoms. The van der Waals surface area contributed by atoms with Crippen molar-refractivity contribution >= 4 is 0 Å². The Hall–Kier alpha value is -0.0800. The predicted octanol–water partition coefficient (Wildman–Crippen LogP) is 2.57. The van der Waals surface area contributed by atoms with Crippen LogP contribution in [0, 0.1) is 11.8 Å². The van der Waals surface area contributed by atoms with Crippen LogP contribution < -0.4 is 5.73 Å². The van der Waals surface area contributed by atoms with E-state index in [1.807, 2.05) is 0 Å². The Labute approximate surface area is 88.2 Å². The Morgan fingerprint density at radius 1 is 1.50 bits per heavy atom. The average molecular weight is 199 g/mol. The lowest BCUT2D eigenvalue weighted by Crippen LogP contribution is -2.38. The molecule has 1 saturated carbocycles. The van der Waals surface area contributed by atoms with Gasteiger partial charge in [0.15, 0.2) is 0 Å². The van der Waals surface area contributed by atoms with E-state index in [0.29, 0.717) is 6.54 Å². The molecule has 14 heavy (non-hydrogen) atoms. The first-order valence-electron chi connectivity index (χ1n) is 5.92. The Bertz CT molecular complexity index is 170. The van der Waals surface area contributed by atoms with Gasteiger partial charge in [0.25, 0.3) is 0 Å². The minimum absolute atomic E-state index is 0.0221. The summed E-state index contributed by atoms with van der Waals surface area (Å²) in [5, 5.41) is 0. The number of ether oxygens (including phenoxy) is 1. The molecule has 0 aliphatic heterocycles. The maximum Gasteiger partial charge on any atom is 0.0806 e. The molecular formula is C12H25NO. The molecule has 0 spiro atoms. The first-order chi connectivity index (χ1) is 6.58. The Kier molecular flexibility index (Phi) is 4.39. The minimum Gasteiger partial charge on any atom is -0.374 e. The van der Waals surface area contributed by atoms with Gasteiger partial charge in [-0.3, -0.25) is 0 Å². The third-order valence-electron chi connectivity index (χ3n) is 3.29. The number of nitrogens with two attached hydrogens (primary N) is 1. The van der Waals surface area contributed by atoms with Crippen molar-refractivity contribution in [3.05, 3.63) is 0 Å². The highest BCUT2D eigenvalue weighted by Crippen LogP contribution is 2.36. The summed E-state index contributed by atoms with van der Waals surface area (Å²) in [6, 6.07) is 0. The SMILES string of the molecule is CC(C)CCOC1(CN)CCC(C)C1. The minimum atomic E-state index is 0.0221. The van der Waals surface area contributed by atoms with Gasteiger partial charge in [-0.05, 0) is 37.5 Å². The quantitative estimate of drug-likeness (QED) is 0.738. The summed E-state index contributed by atoms with van der Waals surface area (Å²) in [5.74, 6) is 1.52. The van der Waals surface area contributed by atoms with Crippen molar-refractivity contribution in [3.63, 3.8) is 0 Å². The van der Waals surface area contributed by atoms with Gasteiger partial charge in [0.1, 0.15) is 0 Å². The predicted molar refractivity (Wildman–Crippen MR) is 60.2 cm³/mol. The summed E-state index contributed by atoms with van der Waals surface area (Å²) in [4.78, 5) is 0. The zero-order valence-electron chi connectivity index (χ0n) is 9.88. The van der Waals surface area contributed by atoms with E-state index < -0.39 is 0 Å². The van der Waals surface area contributed by atoms with Crippen LogP contribution in [-0.2, 0) is 4.74 Å². The van der Waals surface area contributed by atoms with Gasteiger partial charge in [-0.1, -0.05) is 20.8 Å². The third-order valence-corrected chi connectivity index (χ3v) is 3.29. The van der Waals surface area contributed by atoms with Crippen LogP contribution in [0.2, 0.25) is 0 Å². The second-order valence-electron chi connectivity index (χ2n) is 5.27. The van der Waals surface area contributed by atoms with Gasteiger partial charge in [-0.15, -0.1) is 0 Å². The lowest BCUT2D eigenvalue weighted by atomic mass is 10.0. The highest BCUT2D eigenvalue weighted by Gasteiger charge is 2.36. The molecule has 0 heterocycles. The van der Waals surface area contributed by atoms with Crippen LogP contribution in [0.15, 0.2) is 0 Å². The average Bonchev–Trinajstić information content (AvgIpc) is 2.48. The maximum absolute atomic E-state index is 6.00. The van der Waals surface area contributed by atoms with Crippen LogP contribution in [0.5, 0.6) is 0 Å². The number of rotatable bonds is 5. The molecule has 84 valence electrons. The molecular weight excluding hydrogens is 174 g/mol. The topological polar surface area (TPSA) is 35.2 Å². The van der Waals surface area contributed by atoms with E-state index in [2.05, 4.69) is 20.8 Å². The molecule has 0 bridgehead atoms. The largest absolute Gasteiger partial charge is 0.374 e. The van der Waals surface area contributed by atoms with E-state index in [1.165, 1.54) is 6.42 Å². The smallest absolute Gasteiger partial charge is 0.0806 e. The van der Waals surface area contributed by atoms with E-state index in [-0.39, 0.29) is 5.60 Å². The molecule has 1 aliphatic carbocycles. The van der Waals surface area contributed by atoms with Crippen molar-refractivity contribution in [2.75, 3.05) is 13.2 Å². The molecule has 0 radical (unpaired) electrons. The molecule has 0 saturated heterocycles. The molecule has 0 aromatic heterocycles. The maximum atomic E-state index is 6.00. The fourth-order valence-electron chi connectivity index (χ4n) is 2.24. The summed E-state index contributed by atoms with van der Waals surface area (Å²) in [6.45, 7) is 8.33. The molecule has 2 unspecified atom stereocenters. The lowest BCUT2D eigenvalue weighted by molar-refractivity contribution is -0.0398. The van der Waals surface area contributed by atoms with E-state index in [0.717, 1.165) is 37.7 Å². The summed E-state index contributed by atoms with van der Waals surface area (Å²) in [6.07, 6.45) is 4.74. The normalized spacial score (nSPS) is 32.8. The van der Waals surface area contributed by atoms with E-state index in [4.69, 9.17) is 10.5 Å². The van der Waals surface area contributed by atoms with Crippen molar-refractivity contribution in [2.45, 2.75) is 52.1 Å². The first-order valence-corrected chi connectivity index (χ1v) is 5.92. The van der Waals surface area contributed by atoms with Crippen LogP contribution >= 0.6 is 0 Å². The monoisotopic (exact) mass is 199 g/mol. The molecule has 0 amide bonds. The van der Waals surface area contributed by atoms with Gasteiger partial charge in [0.05, 0.1) is 5.60 Å². The Morgan fingerprint density at radius 2 is 2.21 bits per heavy atom. The number of hydrogen-bond acceptors (Lipinski definition) is 2.